The van der Waals surface area contributed by atoms with Crippen LogP contribution in [0.4, 0.5) is 4.79 Å². The monoisotopic (exact) mass is 378 g/mol. The van der Waals surface area contributed by atoms with Crippen molar-refractivity contribution in [1.29, 1.82) is 0 Å². The lowest BCUT2D eigenvalue weighted by Gasteiger charge is -2.28. The fourth-order valence-electron chi connectivity index (χ4n) is 3.34. The third kappa shape index (κ3) is 5.07. The summed E-state index contributed by atoms with van der Waals surface area (Å²) in [5.41, 5.74) is -0.580. The van der Waals surface area contributed by atoms with Crippen molar-refractivity contribution in [3.05, 3.63) is 0 Å². The molecular formula is C16H26O8S. The van der Waals surface area contributed by atoms with Gasteiger partial charge in [0.15, 0.2) is 0 Å². The van der Waals surface area contributed by atoms with Crippen molar-refractivity contribution in [2.24, 2.45) is 17.3 Å². The fraction of sp³-hybridized carbons (Fsp3) is 0.875. The summed E-state index contributed by atoms with van der Waals surface area (Å²) in [5, 5.41) is 0. The van der Waals surface area contributed by atoms with E-state index in [4.69, 9.17) is 18.4 Å². The molecule has 0 aromatic heterocycles. The standard InChI is InChI=1S/C16H26O8S/c1-4-16(2,3)14(17)21-7-8-22-15(18)23-12-10-5-6-11(9-10)13(12)24-25(19)20/h10-13,25H,4-9H2,1-3H3. The Balaban J connectivity index is 1.74. The number of fused-ring (bicyclic) bond motifs is 2. The third-order valence-electron chi connectivity index (χ3n) is 5.18. The van der Waals surface area contributed by atoms with Crippen LogP contribution in [0.2, 0.25) is 0 Å². The van der Waals surface area contributed by atoms with Gasteiger partial charge >= 0.3 is 12.1 Å². The maximum absolute atomic E-state index is 11.8. The number of thiol groups is 1. The van der Waals surface area contributed by atoms with Crippen molar-refractivity contribution in [2.75, 3.05) is 13.2 Å². The molecule has 2 saturated carbocycles. The molecule has 0 aliphatic heterocycles. The van der Waals surface area contributed by atoms with Crippen LogP contribution in [0.15, 0.2) is 0 Å². The number of rotatable bonds is 8. The van der Waals surface area contributed by atoms with E-state index in [1.807, 2.05) is 6.92 Å². The third-order valence-corrected chi connectivity index (χ3v) is 5.60. The molecule has 0 N–H and O–H groups in total. The van der Waals surface area contributed by atoms with Crippen LogP contribution in [0.25, 0.3) is 0 Å². The molecule has 0 radical (unpaired) electrons. The number of carbonyl (C=O) groups is 2. The smallest absolute Gasteiger partial charge is 0.462 e. The van der Waals surface area contributed by atoms with Gasteiger partial charge in [0, 0.05) is 0 Å². The summed E-state index contributed by atoms with van der Waals surface area (Å²) >= 11 is 0. The zero-order chi connectivity index (χ0) is 18.6. The van der Waals surface area contributed by atoms with Crippen molar-refractivity contribution < 1.29 is 36.4 Å². The Kier molecular flexibility index (Phi) is 6.67. The SMILES string of the molecule is CCC(C)(C)C(=O)OCCOC(=O)OC1C2CCC(C2)C1O[SH](=O)=O. The maximum Gasteiger partial charge on any atom is 0.508 e. The number of ether oxygens (including phenoxy) is 3. The van der Waals surface area contributed by atoms with Crippen LogP contribution >= 0.6 is 0 Å². The minimum atomic E-state index is -3.00. The van der Waals surface area contributed by atoms with Gasteiger partial charge in [-0.15, -0.1) is 0 Å². The van der Waals surface area contributed by atoms with Gasteiger partial charge in [0.25, 0.3) is 11.0 Å². The average Bonchev–Trinajstić information content (AvgIpc) is 3.13. The highest BCUT2D eigenvalue weighted by Gasteiger charge is 2.51. The van der Waals surface area contributed by atoms with Crippen molar-refractivity contribution in [3.8, 4) is 0 Å². The quantitative estimate of drug-likeness (QED) is 0.387. The van der Waals surface area contributed by atoms with E-state index >= 15 is 0 Å². The zero-order valence-electron chi connectivity index (χ0n) is 14.8. The molecule has 9 heteroatoms. The Hall–Kier alpha value is -1.35. The molecular weight excluding hydrogens is 352 g/mol. The molecule has 8 nitrogen and oxygen atoms in total. The first-order valence-electron chi connectivity index (χ1n) is 8.56. The predicted molar refractivity (Wildman–Crippen MR) is 87.3 cm³/mol. The molecule has 25 heavy (non-hydrogen) atoms. The highest BCUT2D eigenvalue weighted by atomic mass is 32.2. The summed E-state index contributed by atoms with van der Waals surface area (Å²) < 4.78 is 41.8. The summed E-state index contributed by atoms with van der Waals surface area (Å²) in [7, 11) is -3.00. The van der Waals surface area contributed by atoms with E-state index in [-0.39, 0.29) is 31.0 Å². The van der Waals surface area contributed by atoms with E-state index in [2.05, 4.69) is 0 Å². The second-order valence-corrected chi connectivity index (χ2v) is 7.84. The molecule has 4 unspecified atom stereocenters. The summed E-state index contributed by atoms with van der Waals surface area (Å²) in [6, 6.07) is 0. The van der Waals surface area contributed by atoms with Crippen molar-refractivity contribution in [1.82, 2.24) is 0 Å². The van der Waals surface area contributed by atoms with Gasteiger partial charge in [0.1, 0.15) is 25.4 Å². The minimum Gasteiger partial charge on any atom is -0.462 e. The van der Waals surface area contributed by atoms with Gasteiger partial charge in [-0.25, -0.2) is 13.2 Å². The normalized spacial score (nSPS) is 28.2. The average molecular weight is 378 g/mol. The van der Waals surface area contributed by atoms with Crippen molar-refractivity contribution >= 4 is 23.1 Å². The van der Waals surface area contributed by atoms with Gasteiger partial charge in [-0.05, 0) is 51.4 Å². The minimum absolute atomic E-state index is 0.0551. The summed E-state index contributed by atoms with van der Waals surface area (Å²) in [6.07, 6.45) is 1.03. The number of hydrogen-bond donors (Lipinski definition) is 1. The van der Waals surface area contributed by atoms with Gasteiger partial charge in [-0.1, -0.05) is 6.92 Å². The molecule has 2 fully saturated rings. The summed E-state index contributed by atoms with van der Waals surface area (Å²) in [6.45, 7) is 5.27. The van der Waals surface area contributed by atoms with Crippen molar-refractivity contribution in [3.63, 3.8) is 0 Å². The van der Waals surface area contributed by atoms with Gasteiger partial charge in [0.2, 0.25) is 0 Å². The van der Waals surface area contributed by atoms with Crippen LogP contribution in [0.1, 0.15) is 46.5 Å². The second kappa shape index (κ2) is 8.35. The topological polar surface area (TPSA) is 105 Å². The molecule has 0 aromatic rings. The molecule has 2 bridgehead atoms. The fourth-order valence-corrected chi connectivity index (χ4v) is 3.83. The van der Waals surface area contributed by atoms with E-state index in [1.54, 1.807) is 13.8 Å². The Morgan fingerprint density at radius 3 is 2.24 bits per heavy atom. The molecule has 2 aliphatic rings. The first kappa shape index (κ1) is 20.0. The highest BCUT2D eigenvalue weighted by molar-refractivity contribution is 7.67. The van der Waals surface area contributed by atoms with E-state index in [0.717, 1.165) is 19.3 Å². The molecule has 0 amide bonds. The Morgan fingerprint density at radius 1 is 1.04 bits per heavy atom. The molecule has 2 rings (SSSR count). The molecule has 0 saturated heterocycles. The Labute approximate surface area is 149 Å². The molecule has 0 aromatic carbocycles. The first-order valence-corrected chi connectivity index (χ1v) is 9.66. The van der Waals surface area contributed by atoms with E-state index in [1.165, 1.54) is 0 Å². The predicted octanol–water partition coefficient (Wildman–Crippen LogP) is 1.83. The Morgan fingerprint density at radius 2 is 1.64 bits per heavy atom. The van der Waals surface area contributed by atoms with Crippen LogP contribution in [-0.4, -0.2) is 46.0 Å². The van der Waals surface area contributed by atoms with Crippen LogP contribution in [0, 0.1) is 17.3 Å². The summed E-state index contributed by atoms with van der Waals surface area (Å²) in [4.78, 5) is 23.6. The Bertz CT molecular complexity index is 562. The van der Waals surface area contributed by atoms with Gasteiger partial charge in [0.05, 0.1) is 5.41 Å². The molecule has 4 atom stereocenters. The van der Waals surface area contributed by atoms with E-state index in [0.29, 0.717) is 6.42 Å². The van der Waals surface area contributed by atoms with Crippen LogP contribution in [-0.2, 0) is 34.2 Å². The number of esters is 1. The lowest BCUT2D eigenvalue weighted by molar-refractivity contribution is -0.155. The molecule has 2 aliphatic carbocycles. The lowest BCUT2D eigenvalue weighted by atomic mass is 9.91. The number of carbonyl (C=O) groups excluding carboxylic acids is 2. The lowest BCUT2D eigenvalue weighted by Crippen LogP contribution is -2.38. The van der Waals surface area contributed by atoms with Gasteiger partial charge < -0.3 is 14.2 Å². The summed E-state index contributed by atoms with van der Waals surface area (Å²) in [5.74, 6) is -0.165. The van der Waals surface area contributed by atoms with Gasteiger partial charge in [-0.2, -0.15) is 0 Å². The first-order chi connectivity index (χ1) is 11.7. The maximum atomic E-state index is 11.8. The van der Waals surface area contributed by atoms with Crippen LogP contribution in [0.3, 0.4) is 0 Å². The second-order valence-electron chi connectivity index (χ2n) is 7.18. The van der Waals surface area contributed by atoms with E-state index in [9.17, 15) is 18.0 Å². The van der Waals surface area contributed by atoms with E-state index < -0.39 is 34.8 Å². The zero-order valence-corrected chi connectivity index (χ0v) is 15.7. The van der Waals surface area contributed by atoms with Gasteiger partial charge in [-0.3, -0.25) is 8.98 Å². The molecule has 144 valence electrons. The van der Waals surface area contributed by atoms with Crippen molar-refractivity contribution in [2.45, 2.75) is 58.7 Å². The molecule has 0 heterocycles. The molecule has 0 spiro atoms. The van der Waals surface area contributed by atoms with Crippen LogP contribution < -0.4 is 0 Å². The largest absolute Gasteiger partial charge is 0.508 e. The van der Waals surface area contributed by atoms with Crippen LogP contribution in [0.5, 0.6) is 0 Å². The number of hydrogen-bond acceptors (Lipinski definition) is 8. The highest BCUT2D eigenvalue weighted by Crippen LogP contribution is 2.47.